The molecule has 2 aromatic carbocycles. The molecular formula is C45H77N9O11. The van der Waals surface area contributed by atoms with Gasteiger partial charge in [0, 0.05) is 19.5 Å². The van der Waals surface area contributed by atoms with E-state index in [1.807, 2.05) is 32.0 Å². The molecule has 0 fully saturated rings. The number of ether oxygens (including phenoxy) is 5. The highest BCUT2D eigenvalue weighted by Gasteiger charge is 2.24. The van der Waals surface area contributed by atoms with Gasteiger partial charge < -0.3 is 62.4 Å². The molecule has 0 aliphatic rings. The molecule has 1 amide bonds. The van der Waals surface area contributed by atoms with Crippen molar-refractivity contribution < 1.29 is 48.2 Å². The lowest BCUT2D eigenvalue weighted by molar-refractivity contribution is -0.485. The number of ketones is 1. The Kier molecular flexibility index (Phi) is 28.1. The highest BCUT2D eigenvalue weighted by Crippen LogP contribution is 2.31. The highest BCUT2D eigenvalue weighted by molar-refractivity contribution is 5.84. The lowest BCUT2D eigenvalue weighted by Gasteiger charge is -2.22. The molecule has 11 N–H and O–H groups in total. The SMILES string of the molecule is CC(C)(C)OC(=O)NC(CCCCN/C(N)=N/[N+](=O)[O-])C(=O)O.COc1cc(CC(C)C)c(OC)cc1C.COc1cc(CC(C)CC(=O)C(N)CCCCN=C(N)N)c(OC)cc1C. The van der Waals surface area contributed by atoms with Crippen LogP contribution < -0.4 is 52.5 Å². The topological polar surface area (TPSA) is 314 Å². The maximum Gasteiger partial charge on any atom is 0.408 e. The van der Waals surface area contributed by atoms with E-state index in [1.165, 1.54) is 5.56 Å². The number of hydrogen-bond donors (Lipinski definition) is 7. The predicted octanol–water partition coefficient (Wildman–Crippen LogP) is 5.36. The third-order valence-corrected chi connectivity index (χ3v) is 9.38. The predicted molar refractivity (Wildman–Crippen MR) is 253 cm³/mol. The Labute approximate surface area is 384 Å². The number of carbonyl (C=O) groups is 3. The molecule has 65 heavy (non-hydrogen) atoms. The van der Waals surface area contributed by atoms with E-state index in [0.29, 0.717) is 44.7 Å². The number of aliphatic imine (C=N–C) groups is 1. The molecule has 0 aromatic heterocycles. The number of carboxylic acid groups (broad SMARTS) is 1. The summed E-state index contributed by atoms with van der Waals surface area (Å²) in [6, 6.07) is 6.55. The Bertz CT molecular complexity index is 1850. The number of methoxy groups -OCH3 is 4. The minimum Gasteiger partial charge on any atom is -0.496 e. The third-order valence-electron chi connectivity index (χ3n) is 9.38. The van der Waals surface area contributed by atoms with E-state index in [2.05, 4.69) is 47.6 Å². The fourth-order valence-electron chi connectivity index (χ4n) is 6.29. The lowest BCUT2D eigenvalue weighted by Crippen LogP contribution is -2.43. The zero-order chi connectivity index (χ0) is 49.9. The van der Waals surface area contributed by atoms with Gasteiger partial charge in [0.1, 0.15) is 45.5 Å². The second-order valence-electron chi connectivity index (χ2n) is 16.9. The van der Waals surface area contributed by atoms with Crippen molar-refractivity contribution in [1.82, 2.24) is 10.6 Å². The van der Waals surface area contributed by atoms with Crippen LogP contribution in [0.3, 0.4) is 0 Å². The third kappa shape index (κ3) is 26.4. The zero-order valence-electron chi connectivity index (χ0n) is 40.6. The van der Waals surface area contributed by atoms with E-state index in [9.17, 15) is 24.5 Å². The second kappa shape index (κ2) is 30.9. The summed E-state index contributed by atoms with van der Waals surface area (Å²) in [5.74, 6) is 2.99. The number of aliphatic carboxylic acids is 1. The Balaban J connectivity index is 0.000000982. The number of alkyl carbamates (subject to hydrolysis) is 1. The molecule has 2 rings (SSSR count). The van der Waals surface area contributed by atoms with Gasteiger partial charge in [-0.15, -0.1) is 0 Å². The van der Waals surface area contributed by atoms with E-state index in [1.54, 1.807) is 49.2 Å². The largest absolute Gasteiger partial charge is 0.496 e. The van der Waals surface area contributed by atoms with Crippen molar-refractivity contribution >= 4 is 29.8 Å². The number of carboxylic acids is 1. The number of carbonyl (C=O) groups excluding carboxylic acids is 2. The van der Waals surface area contributed by atoms with Crippen LogP contribution in [-0.4, -0.2) is 99.1 Å². The monoisotopic (exact) mass is 920 g/mol. The number of aryl methyl sites for hydroxylation is 2. The van der Waals surface area contributed by atoms with Crippen LogP contribution in [0.2, 0.25) is 0 Å². The van der Waals surface area contributed by atoms with Gasteiger partial charge in [-0.25, -0.2) is 19.7 Å². The summed E-state index contributed by atoms with van der Waals surface area (Å²) in [7, 11) is 6.72. The molecule has 2 aromatic rings. The first-order valence-corrected chi connectivity index (χ1v) is 21.6. The molecule has 0 aliphatic heterocycles. The Hall–Kier alpha value is -6.05. The minimum atomic E-state index is -1.17. The second-order valence-corrected chi connectivity index (χ2v) is 16.9. The van der Waals surface area contributed by atoms with Crippen molar-refractivity contribution in [3.8, 4) is 23.0 Å². The van der Waals surface area contributed by atoms with Gasteiger partial charge in [0.05, 0.1) is 34.5 Å². The highest BCUT2D eigenvalue weighted by atomic mass is 16.7. The Morgan fingerprint density at radius 1 is 0.800 bits per heavy atom. The number of hydrazone groups is 1. The van der Waals surface area contributed by atoms with E-state index in [-0.39, 0.29) is 30.0 Å². The molecule has 0 spiro atoms. The van der Waals surface area contributed by atoms with E-state index >= 15 is 0 Å². The van der Waals surface area contributed by atoms with E-state index in [0.717, 1.165) is 65.4 Å². The van der Waals surface area contributed by atoms with Crippen molar-refractivity contribution in [1.29, 1.82) is 0 Å². The number of nitrogens with one attached hydrogen (secondary N) is 2. The molecule has 20 nitrogen and oxygen atoms in total. The van der Waals surface area contributed by atoms with Crippen molar-refractivity contribution in [2.24, 2.45) is 44.9 Å². The first kappa shape index (κ1) is 58.9. The standard InChI is InChI=1S/C20H34N4O3.C13H20O2.C12H23N5O6/c1-13(9-15-12-18(26-3)14(2)11-19(15)27-4)10-17(25)16(21)7-5-6-8-24-20(22)23;1-9(2)6-11-8-12(14-4)10(3)7-13(11)15-5;1-12(2,3)23-11(20)15-8(9(18)19)6-4-5-7-14-10(13)16-17(21)22/h11-13,16H,5-10,21H2,1-4H3,(H4,22,23,24);7-9H,6H2,1-5H3;8H,4-7H2,1-3H3,(H,15,20)(H,18,19)(H3,13,14,16). The van der Waals surface area contributed by atoms with Gasteiger partial charge in [0.15, 0.2) is 11.0 Å². The fraction of sp³-hybridized carbons (Fsp3) is 0.622. The maximum atomic E-state index is 12.4. The molecule has 0 saturated carbocycles. The molecule has 0 radical (unpaired) electrons. The van der Waals surface area contributed by atoms with Gasteiger partial charge >= 0.3 is 12.1 Å². The first-order valence-electron chi connectivity index (χ1n) is 21.6. The summed E-state index contributed by atoms with van der Waals surface area (Å²) in [4.78, 5) is 49.0. The van der Waals surface area contributed by atoms with Crippen molar-refractivity contribution in [3.63, 3.8) is 0 Å². The van der Waals surface area contributed by atoms with Crippen LogP contribution in [-0.2, 0) is 27.2 Å². The fourth-order valence-corrected chi connectivity index (χ4v) is 6.29. The number of nitrogens with two attached hydrogens (primary N) is 4. The van der Waals surface area contributed by atoms with Gasteiger partial charge in [-0.3, -0.25) is 9.79 Å². The average Bonchev–Trinajstić information content (AvgIpc) is 3.20. The number of nitrogens with zero attached hydrogens (tertiary/aromatic N) is 3. The molecule has 20 heteroatoms. The van der Waals surface area contributed by atoms with Crippen LogP contribution in [0, 0.1) is 35.8 Å². The molecule has 0 bridgehead atoms. The van der Waals surface area contributed by atoms with Gasteiger partial charge in [-0.05, 0) is 144 Å². The zero-order valence-corrected chi connectivity index (χ0v) is 40.6. The van der Waals surface area contributed by atoms with Gasteiger partial charge in [-0.2, -0.15) is 0 Å². The molecule has 368 valence electrons. The van der Waals surface area contributed by atoms with Crippen LogP contribution in [0.1, 0.15) is 109 Å². The summed E-state index contributed by atoms with van der Waals surface area (Å²) >= 11 is 0. The smallest absolute Gasteiger partial charge is 0.408 e. The van der Waals surface area contributed by atoms with Gasteiger partial charge in [0.2, 0.25) is 0 Å². The number of amides is 1. The number of rotatable bonds is 24. The number of unbranched alkanes of at least 4 members (excludes halogenated alkanes) is 2. The summed E-state index contributed by atoms with van der Waals surface area (Å²) in [6.07, 6.45) is 4.78. The number of Topliss-reactive ketones (excluding diaryl/α,β-unsaturated/α-hetero) is 1. The van der Waals surface area contributed by atoms with E-state index in [4.69, 9.17) is 51.7 Å². The molecule has 3 atom stereocenters. The van der Waals surface area contributed by atoms with Crippen LogP contribution in [0.25, 0.3) is 0 Å². The van der Waals surface area contributed by atoms with E-state index < -0.39 is 34.8 Å². The number of hydrogen-bond acceptors (Lipinski definition) is 12. The quantitative estimate of drug-likeness (QED) is 0.0229. The lowest BCUT2D eigenvalue weighted by atomic mass is 9.91. The average molecular weight is 920 g/mol. The first-order chi connectivity index (χ1) is 30.4. The van der Waals surface area contributed by atoms with Crippen LogP contribution >= 0.6 is 0 Å². The van der Waals surface area contributed by atoms with Gasteiger partial charge in [0.25, 0.3) is 5.96 Å². The maximum absolute atomic E-state index is 12.4. The Morgan fingerprint density at radius 2 is 1.31 bits per heavy atom. The molecule has 0 aliphatic carbocycles. The minimum absolute atomic E-state index is 0.0855. The number of guanidine groups is 2. The molecule has 0 saturated heterocycles. The molecule has 3 unspecified atom stereocenters. The Morgan fingerprint density at radius 3 is 1.75 bits per heavy atom. The summed E-state index contributed by atoms with van der Waals surface area (Å²) in [5.41, 5.74) is 25.5. The van der Waals surface area contributed by atoms with Crippen molar-refractivity contribution in [2.45, 2.75) is 131 Å². The molecule has 0 heterocycles. The number of nitro groups is 1. The summed E-state index contributed by atoms with van der Waals surface area (Å²) in [5, 5.41) is 25.8. The van der Waals surface area contributed by atoms with Crippen LogP contribution in [0.4, 0.5) is 4.79 Å². The normalized spacial score (nSPS) is 12.4. The van der Waals surface area contributed by atoms with Crippen molar-refractivity contribution in [3.05, 3.63) is 56.6 Å². The summed E-state index contributed by atoms with van der Waals surface area (Å²) in [6.45, 7) is 16.3. The van der Waals surface area contributed by atoms with Crippen LogP contribution in [0.5, 0.6) is 23.0 Å². The number of benzene rings is 2. The van der Waals surface area contributed by atoms with Crippen molar-refractivity contribution in [2.75, 3.05) is 41.5 Å². The summed E-state index contributed by atoms with van der Waals surface area (Å²) < 4.78 is 26.6. The van der Waals surface area contributed by atoms with Gasteiger partial charge in [-0.1, -0.05) is 20.8 Å². The molecular weight excluding hydrogens is 843 g/mol. The van der Waals surface area contributed by atoms with Crippen LogP contribution in [0.15, 0.2) is 34.4 Å².